The SMILES string of the molecule is COC(=O)c1sc(S(=O)(=O)Nc2ccccc2C#N)c(C(=O)OC)c1C. The van der Waals surface area contributed by atoms with E-state index in [4.69, 9.17) is 5.26 Å². The van der Waals surface area contributed by atoms with Crippen LogP contribution in [-0.4, -0.2) is 34.6 Å². The Morgan fingerprint density at radius 2 is 1.77 bits per heavy atom. The van der Waals surface area contributed by atoms with E-state index in [1.807, 2.05) is 6.07 Å². The normalized spacial score (nSPS) is 10.7. The Morgan fingerprint density at radius 3 is 2.35 bits per heavy atom. The fourth-order valence-corrected chi connectivity index (χ4v) is 4.99. The van der Waals surface area contributed by atoms with Gasteiger partial charge in [0.2, 0.25) is 0 Å². The summed E-state index contributed by atoms with van der Waals surface area (Å²) in [5.41, 5.74) is 0.0520. The number of carbonyl (C=O) groups excluding carboxylic acids is 2. The van der Waals surface area contributed by atoms with Crippen LogP contribution in [0.1, 0.15) is 31.2 Å². The summed E-state index contributed by atoms with van der Waals surface area (Å²) in [6, 6.07) is 7.87. The molecule has 10 heteroatoms. The molecule has 0 amide bonds. The minimum Gasteiger partial charge on any atom is -0.465 e. The zero-order valence-electron chi connectivity index (χ0n) is 14.0. The number of sulfonamides is 1. The van der Waals surface area contributed by atoms with Gasteiger partial charge in [0.25, 0.3) is 10.0 Å². The van der Waals surface area contributed by atoms with Crippen LogP contribution in [0.15, 0.2) is 28.5 Å². The summed E-state index contributed by atoms with van der Waals surface area (Å²) in [5, 5.41) is 9.10. The third-order valence-corrected chi connectivity index (χ3v) is 6.57. The lowest BCUT2D eigenvalue weighted by Crippen LogP contribution is -2.16. The van der Waals surface area contributed by atoms with Crippen molar-refractivity contribution in [1.29, 1.82) is 5.26 Å². The highest BCUT2D eigenvalue weighted by atomic mass is 32.2. The average molecular weight is 394 g/mol. The molecule has 0 aliphatic rings. The summed E-state index contributed by atoms with van der Waals surface area (Å²) in [6.07, 6.45) is 0. The van der Waals surface area contributed by atoms with Gasteiger partial charge >= 0.3 is 11.9 Å². The molecular weight excluding hydrogens is 380 g/mol. The number of hydrogen-bond acceptors (Lipinski definition) is 8. The Morgan fingerprint density at radius 1 is 1.15 bits per heavy atom. The fourth-order valence-electron chi connectivity index (χ4n) is 2.16. The Balaban J connectivity index is 2.64. The van der Waals surface area contributed by atoms with E-state index in [9.17, 15) is 18.0 Å². The van der Waals surface area contributed by atoms with Crippen LogP contribution in [0.2, 0.25) is 0 Å². The number of nitrogens with one attached hydrogen (secondary N) is 1. The number of hydrogen-bond donors (Lipinski definition) is 1. The third kappa shape index (κ3) is 3.54. The molecule has 0 bridgehead atoms. The molecule has 1 aromatic carbocycles. The fraction of sp³-hybridized carbons (Fsp3) is 0.188. The molecule has 1 N–H and O–H groups in total. The number of benzene rings is 1. The van der Waals surface area contributed by atoms with Crippen LogP contribution in [0.4, 0.5) is 5.69 Å². The van der Waals surface area contributed by atoms with Crippen LogP contribution in [0, 0.1) is 18.3 Å². The van der Waals surface area contributed by atoms with Crippen molar-refractivity contribution in [3.8, 4) is 6.07 Å². The average Bonchev–Trinajstić information content (AvgIpc) is 2.98. The number of anilines is 1. The highest BCUT2D eigenvalue weighted by Crippen LogP contribution is 2.34. The third-order valence-electron chi connectivity index (χ3n) is 3.41. The molecule has 0 saturated carbocycles. The van der Waals surface area contributed by atoms with Crippen LogP contribution in [-0.2, 0) is 19.5 Å². The first kappa shape index (κ1) is 19.4. The molecule has 136 valence electrons. The van der Waals surface area contributed by atoms with Crippen LogP contribution in [0.3, 0.4) is 0 Å². The van der Waals surface area contributed by atoms with Gasteiger partial charge in [-0.1, -0.05) is 12.1 Å². The maximum atomic E-state index is 12.8. The first-order valence-corrected chi connectivity index (χ1v) is 9.38. The van der Waals surface area contributed by atoms with Crippen LogP contribution in [0.25, 0.3) is 0 Å². The summed E-state index contributed by atoms with van der Waals surface area (Å²) in [5.74, 6) is -1.67. The maximum absolute atomic E-state index is 12.8. The molecule has 0 radical (unpaired) electrons. The number of nitrogens with zero attached hydrogens (tertiary/aromatic N) is 1. The van der Waals surface area contributed by atoms with Crippen LogP contribution in [0.5, 0.6) is 0 Å². The number of ether oxygens (including phenoxy) is 2. The van der Waals surface area contributed by atoms with E-state index in [0.717, 1.165) is 14.2 Å². The first-order chi connectivity index (χ1) is 12.3. The Kier molecular flexibility index (Phi) is 5.64. The molecule has 2 aromatic rings. The van der Waals surface area contributed by atoms with Crippen molar-refractivity contribution in [3.05, 3.63) is 45.8 Å². The van der Waals surface area contributed by atoms with Gasteiger partial charge in [0.1, 0.15) is 10.9 Å². The summed E-state index contributed by atoms with van der Waals surface area (Å²) in [4.78, 5) is 23.9. The molecule has 0 spiro atoms. The van der Waals surface area contributed by atoms with E-state index in [1.54, 1.807) is 12.1 Å². The van der Waals surface area contributed by atoms with Crippen molar-refractivity contribution in [2.45, 2.75) is 11.1 Å². The minimum atomic E-state index is -4.27. The first-order valence-electron chi connectivity index (χ1n) is 7.08. The number of carbonyl (C=O) groups is 2. The Labute approximate surface area is 154 Å². The van der Waals surface area contributed by atoms with Gasteiger partial charge in [-0.3, -0.25) is 4.72 Å². The second-order valence-corrected chi connectivity index (χ2v) is 7.86. The van der Waals surface area contributed by atoms with Crippen molar-refractivity contribution in [3.63, 3.8) is 0 Å². The zero-order chi connectivity index (χ0) is 19.5. The highest BCUT2D eigenvalue weighted by molar-refractivity contribution is 7.94. The number of methoxy groups -OCH3 is 2. The molecule has 0 aliphatic carbocycles. The maximum Gasteiger partial charge on any atom is 0.348 e. The predicted molar refractivity (Wildman–Crippen MR) is 93.7 cm³/mol. The summed E-state index contributed by atoms with van der Waals surface area (Å²) in [7, 11) is -2.02. The second-order valence-electron chi connectivity index (χ2n) is 4.96. The molecule has 0 atom stereocenters. The van der Waals surface area contributed by atoms with Gasteiger partial charge < -0.3 is 9.47 Å². The van der Waals surface area contributed by atoms with Gasteiger partial charge in [-0.05, 0) is 24.6 Å². The van der Waals surface area contributed by atoms with E-state index in [2.05, 4.69) is 14.2 Å². The molecule has 0 aliphatic heterocycles. The molecule has 26 heavy (non-hydrogen) atoms. The molecular formula is C16H14N2O6S2. The lowest BCUT2D eigenvalue weighted by Gasteiger charge is -2.09. The van der Waals surface area contributed by atoms with Gasteiger partial charge in [-0.2, -0.15) is 5.26 Å². The number of thiophene rings is 1. The van der Waals surface area contributed by atoms with E-state index in [0.29, 0.717) is 11.3 Å². The number of nitriles is 1. The van der Waals surface area contributed by atoms with Crippen molar-refractivity contribution in [2.24, 2.45) is 0 Å². The largest absolute Gasteiger partial charge is 0.465 e. The van der Waals surface area contributed by atoms with Crippen LogP contribution >= 0.6 is 11.3 Å². The van der Waals surface area contributed by atoms with E-state index in [1.165, 1.54) is 19.1 Å². The van der Waals surface area contributed by atoms with Crippen molar-refractivity contribution >= 4 is 39.0 Å². The predicted octanol–water partition coefficient (Wildman–Crippen LogP) is 2.30. The van der Waals surface area contributed by atoms with Crippen molar-refractivity contribution < 1.29 is 27.5 Å². The van der Waals surface area contributed by atoms with Gasteiger partial charge in [0.15, 0.2) is 4.21 Å². The van der Waals surface area contributed by atoms with Gasteiger partial charge in [0, 0.05) is 0 Å². The standard InChI is InChI=1S/C16H14N2O6S2/c1-9-12(14(19)23-2)16(25-13(9)15(20)24-3)26(21,22)18-11-7-5-4-6-10(11)8-17/h4-7,18H,1-3H3. The molecule has 1 aromatic heterocycles. The van der Waals surface area contributed by atoms with E-state index < -0.39 is 26.2 Å². The van der Waals surface area contributed by atoms with Gasteiger partial charge in [0.05, 0.1) is 31.0 Å². The van der Waals surface area contributed by atoms with Crippen LogP contribution < -0.4 is 4.72 Å². The monoisotopic (exact) mass is 394 g/mol. The lowest BCUT2D eigenvalue weighted by molar-refractivity contribution is 0.0596. The second kappa shape index (κ2) is 7.55. The number of rotatable bonds is 5. The van der Waals surface area contributed by atoms with Gasteiger partial charge in [-0.25, -0.2) is 18.0 Å². The van der Waals surface area contributed by atoms with E-state index >= 15 is 0 Å². The number of para-hydroxylation sites is 1. The minimum absolute atomic E-state index is 0.0261. The molecule has 0 unspecified atom stereocenters. The Hall–Kier alpha value is -2.90. The molecule has 0 fully saturated rings. The van der Waals surface area contributed by atoms with Crippen molar-refractivity contribution in [2.75, 3.05) is 18.9 Å². The molecule has 0 saturated heterocycles. The molecule has 2 rings (SSSR count). The van der Waals surface area contributed by atoms with Gasteiger partial charge in [-0.15, -0.1) is 11.3 Å². The highest BCUT2D eigenvalue weighted by Gasteiger charge is 2.33. The summed E-state index contributed by atoms with van der Waals surface area (Å²) < 4.78 is 36.8. The summed E-state index contributed by atoms with van der Waals surface area (Å²) >= 11 is 0.593. The zero-order valence-corrected chi connectivity index (χ0v) is 15.7. The van der Waals surface area contributed by atoms with E-state index in [-0.39, 0.29) is 27.3 Å². The molecule has 8 nitrogen and oxygen atoms in total. The quantitative estimate of drug-likeness (QED) is 0.772. The summed E-state index contributed by atoms with van der Waals surface area (Å²) in [6.45, 7) is 1.43. The van der Waals surface area contributed by atoms with Crippen molar-refractivity contribution in [1.82, 2.24) is 0 Å². The lowest BCUT2D eigenvalue weighted by atomic mass is 10.2. The smallest absolute Gasteiger partial charge is 0.348 e. The Bertz CT molecular complexity index is 1020. The topological polar surface area (TPSA) is 123 Å². The molecule has 1 heterocycles. The number of esters is 2.